The monoisotopic (exact) mass is 257 g/mol. The van der Waals surface area contributed by atoms with Gasteiger partial charge in [0.2, 0.25) is 0 Å². The van der Waals surface area contributed by atoms with Gasteiger partial charge in [0.1, 0.15) is 11.9 Å². The zero-order valence-corrected chi connectivity index (χ0v) is 10.5. The van der Waals surface area contributed by atoms with E-state index in [1.807, 2.05) is 4.90 Å². The van der Waals surface area contributed by atoms with Crippen LogP contribution in [-0.4, -0.2) is 29.1 Å². The Morgan fingerprint density at radius 2 is 2.47 bits per heavy atom. The van der Waals surface area contributed by atoms with Crippen LogP contribution in [0.2, 0.25) is 0 Å². The largest absolute Gasteiger partial charge is 0.481 e. The van der Waals surface area contributed by atoms with E-state index in [2.05, 4.69) is 11.1 Å². The van der Waals surface area contributed by atoms with Gasteiger partial charge in [0.05, 0.1) is 11.0 Å². The van der Waals surface area contributed by atoms with Crippen molar-refractivity contribution >= 4 is 11.8 Å². The van der Waals surface area contributed by atoms with E-state index in [1.165, 1.54) is 0 Å². The predicted molar refractivity (Wildman–Crippen MR) is 68.6 cm³/mol. The highest BCUT2D eigenvalue weighted by Gasteiger charge is 2.55. The van der Waals surface area contributed by atoms with Crippen molar-refractivity contribution < 1.29 is 9.90 Å². The number of nitrogens with zero attached hydrogens (tertiary/aromatic N) is 3. The molecule has 2 fully saturated rings. The molecule has 1 aliphatic heterocycles. The van der Waals surface area contributed by atoms with Crippen LogP contribution in [-0.2, 0) is 4.79 Å². The van der Waals surface area contributed by atoms with E-state index in [1.54, 1.807) is 18.3 Å². The van der Waals surface area contributed by atoms with Crippen molar-refractivity contribution in [3.63, 3.8) is 0 Å². The number of pyridine rings is 1. The number of aliphatic carboxylic acids is 1. The smallest absolute Gasteiger partial charge is 0.311 e. The van der Waals surface area contributed by atoms with Gasteiger partial charge >= 0.3 is 5.97 Å². The summed E-state index contributed by atoms with van der Waals surface area (Å²) in [6.45, 7) is 1.16. The Labute approximate surface area is 111 Å². The Hall–Kier alpha value is -2.09. The van der Waals surface area contributed by atoms with Crippen LogP contribution in [0, 0.1) is 22.7 Å². The maximum Gasteiger partial charge on any atom is 0.311 e. The highest BCUT2D eigenvalue weighted by Crippen LogP contribution is 2.49. The summed E-state index contributed by atoms with van der Waals surface area (Å²) in [7, 11) is 0. The SMILES string of the molecule is N#Cc1cccnc1N1C[C@@H]2CCC[C@@]2(C(=O)O)C1. The third kappa shape index (κ3) is 1.67. The summed E-state index contributed by atoms with van der Waals surface area (Å²) in [6, 6.07) is 5.58. The van der Waals surface area contributed by atoms with Crippen LogP contribution in [0.25, 0.3) is 0 Å². The second-order valence-electron chi connectivity index (χ2n) is 5.42. The quantitative estimate of drug-likeness (QED) is 0.871. The summed E-state index contributed by atoms with van der Waals surface area (Å²) in [5.74, 6) is 0.102. The third-order valence-corrected chi connectivity index (χ3v) is 4.50. The molecule has 0 aromatic carbocycles. The Morgan fingerprint density at radius 1 is 1.63 bits per heavy atom. The molecule has 1 saturated carbocycles. The summed E-state index contributed by atoms with van der Waals surface area (Å²) in [6.07, 6.45) is 4.32. The minimum atomic E-state index is -0.702. The van der Waals surface area contributed by atoms with Gasteiger partial charge in [-0.15, -0.1) is 0 Å². The minimum absolute atomic E-state index is 0.179. The topological polar surface area (TPSA) is 77.2 Å². The van der Waals surface area contributed by atoms with Crippen LogP contribution < -0.4 is 4.90 Å². The molecule has 2 heterocycles. The van der Waals surface area contributed by atoms with Crippen molar-refractivity contribution in [3.8, 4) is 6.07 Å². The maximum atomic E-state index is 11.6. The molecule has 0 bridgehead atoms. The van der Waals surface area contributed by atoms with Gasteiger partial charge < -0.3 is 10.0 Å². The van der Waals surface area contributed by atoms with Crippen molar-refractivity contribution in [2.24, 2.45) is 11.3 Å². The second kappa shape index (κ2) is 4.23. The fraction of sp³-hybridized carbons (Fsp3) is 0.500. The van der Waals surface area contributed by atoms with Gasteiger partial charge in [0.25, 0.3) is 0 Å². The van der Waals surface area contributed by atoms with Gasteiger partial charge in [-0.3, -0.25) is 4.79 Å². The van der Waals surface area contributed by atoms with E-state index in [0.29, 0.717) is 24.5 Å². The number of hydrogen-bond donors (Lipinski definition) is 1. The zero-order chi connectivity index (χ0) is 13.5. The lowest BCUT2D eigenvalue weighted by atomic mass is 9.81. The molecule has 1 N–H and O–H groups in total. The Morgan fingerprint density at radius 3 is 3.16 bits per heavy atom. The van der Waals surface area contributed by atoms with Gasteiger partial charge in [-0.25, -0.2) is 4.98 Å². The van der Waals surface area contributed by atoms with E-state index in [4.69, 9.17) is 5.26 Å². The molecule has 0 spiro atoms. The first kappa shape index (κ1) is 12.0. The van der Waals surface area contributed by atoms with Crippen molar-refractivity contribution in [2.75, 3.05) is 18.0 Å². The van der Waals surface area contributed by atoms with Crippen molar-refractivity contribution in [3.05, 3.63) is 23.9 Å². The highest BCUT2D eigenvalue weighted by molar-refractivity contribution is 5.78. The number of aromatic nitrogens is 1. The summed E-state index contributed by atoms with van der Waals surface area (Å²) < 4.78 is 0. The first-order chi connectivity index (χ1) is 9.17. The number of fused-ring (bicyclic) bond motifs is 1. The van der Waals surface area contributed by atoms with Crippen molar-refractivity contribution in [1.82, 2.24) is 4.98 Å². The van der Waals surface area contributed by atoms with E-state index in [-0.39, 0.29) is 5.92 Å². The molecule has 1 aromatic rings. The van der Waals surface area contributed by atoms with Crippen molar-refractivity contribution in [2.45, 2.75) is 19.3 Å². The van der Waals surface area contributed by atoms with E-state index in [0.717, 1.165) is 19.3 Å². The molecule has 98 valence electrons. The molecule has 0 unspecified atom stereocenters. The first-order valence-corrected chi connectivity index (χ1v) is 6.51. The average Bonchev–Trinajstić information content (AvgIpc) is 2.96. The van der Waals surface area contributed by atoms with Gasteiger partial charge in [-0.05, 0) is 30.9 Å². The normalized spacial score (nSPS) is 29.0. The average molecular weight is 257 g/mol. The fourth-order valence-corrected chi connectivity index (χ4v) is 3.54. The van der Waals surface area contributed by atoms with Crippen LogP contribution in [0.4, 0.5) is 5.82 Å². The molecule has 5 nitrogen and oxygen atoms in total. The lowest BCUT2D eigenvalue weighted by Crippen LogP contribution is -2.36. The second-order valence-corrected chi connectivity index (χ2v) is 5.42. The third-order valence-electron chi connectivity index (χ3n) is 4.50. The van der Waals surface area contributed by atoms with E-state index >= 15 is 0 Å². The standard InChI is InChI=1S/C14H15N3O2/c15-7-10-3-2-6-16-12(10)17-8-11-4-1-5-14(11,9-17)13(18)19/h2-3,6,11H,1,4-5,8-9H2,(H,18,19)/t11-,14+/m0/s1. The summed E-state index contributed by atoms with van der Waals surface area (Å²) in [5, 5.41) is 18.7. The van der Waals surface area contributed by atoms with Gasteiger partial charge in [0.15, 0.2) is 0 Å². The first-order valence-electron chi connectivity index (χ1n) is 6.51. The molecular formula is C14H15N3O2. The molecule has 0 radical (unpaired) electrons. The zero-order valence-electron chi connectivity index (χ0n) is 10.5. The van der Waals surface area contributed by atoms with E-state index in [9.17, 15) is 9.90 Å². The fourth-order valence-electron chi connectivity index (χ4n) is 3.54. The number of carboxylic acid groups (broad SMARTS) is 1. The summed E-state index contributed by atoms with van der Waals surface area (Å²) >= 11 is 0. The van der Waals surface area contributed by atoms with Crippen LogP contribution in [0.15, 0.2) is 18.3 Å². The molecule has 0 amide bonds. The van der Waals surface area contributed by atoms with Crippen molar-refractivity contribution in [1.29, 1.82) is 5.26 Å². The number of nitriles is 1. The van der Waals surface area contributed by atoms with Gasteiger partial charge in [0, 0.05) is 19.3 Å². The molecule has 1 aromatic heterocycles. The molecule has 2 atom stereocenters. The highest BCUT2D eigenvalue weighted by atomic mass is 16.4. The Bertz CT molecular complexity index is 566. The Balaban J connectivity index is 1.94. The maximum absolute atomic E-state index is 11.6. The molecule has 2 aliphatic rings. The summed E-state index contributed by atoms with van der Waals surface area (Å²) in [4.78, 5) is 17.9. The summed E-state index contributed by atoms with van der Waals surface area (Å²) in [5.41, 5.74) is -0.118. The molecule has 3 rings (SSSR count). The van der Waals surface area contributed by atoms with Crippen LogP contribution in [0.3, 0.4) is 0 Å². The molecular weight excluding hydrogens is 242 g/mol. The van der Waals surface area contributed by atoms with Gasteiger partial charge in [-0.2, -0.15) is 5.26 Å². The molecule has 19 heavy (non-hydrogen) atoms. The molecule has 1 aliphatic carbocycles. The van der Waals surface area contributed by atoms with Gasteiger partial charge in [-0.1, -0.05) is 6.42 Å². The van der Waals surface area contributed by atoms with E-state index < -0.39 is 11.4 Å². The number of anilines is 1. The molecule has 5 heteroatoms. The number of carbonyl (C=O) groups is 1. The van der Waals surface area contributed by atoms with Crippen LogP contribution >= 0.6 is 0 Å². The number of hydrogen-bond acceptors (Lipinski definition) is 4. The number of rotatable bonds is 2. The van der Waals surface area contributed by atoms with Crippen LogP contribution in [0.5, 0.6) is 0 Å². The minimum Gasteiger partial charge on any atom is -0.481 e. The lowest BCUT2D eigenvalue weighted by Gasteiger charge is -2.23. The predicted octanol–water partition coefficient (Wildman–Crippen LogP) is 1.64. The Kier molecular flexibility index (Phi) is 2.67. The number of carboxylic acids is 1. The molecule has 1 saturated heterocycles. The van der Waals surface area contributed by atoms with Crippen LogP contribution in [0.1, 0.15) is 24.8 Å². The lowest BCUT2D eigenvalue weighted by molar-refractivity contribution is -0.149.